The van der Waals surface area contributed by atoms with Crippen LogP contribution < -0.4 is 5.32 Å². The van der Waals surface area contributed by atoms with Crippen LogP contribution in [0.5, 0.6) is 0 Å². The van der Waals surface area contributed by atoms with Crippen LogP contribution in [-0.4, -0.2) is 15.7 Å². The monoisotopic (exact) mass is 291 g/mol. The van der Waals surface area contributed by atoms with E-state index in [1.165, 1.54) is 0 Å². The molecule has 4 nitrogen and oxygen atoms in total. The van der Waals surface area contributed by atoms with Crippen molar-refractivity contribution in [2.45, 2.75) is 33.7 Å². The Balaban J connectivity index is 2.33. The molecule has 0 atom stereocenters. The molecule has 1 amide bonds. The number of aryl methyl sites for hydroxylation is 3. The van der Waals surface area contributed by atoms with Gasteiger partial charge in [-0.15, -0.1) is 0 Å². The Kier molecular flexibility index (Phi) is 4.45. The molecule has 0 fully saturated rings. The lowest BCUT2D eigenvalue weighted by atomic mass is 10.1. The third-order valence-electron chi connectivity index (χ3n) is 3.22. The molecule has 1 aromatic carbocycles. The number of para-hydroxylation sites is 1. The molecule has 1 N–H and O–H groups in total. The van der Waals surface area contributed by atoms with Gasteiger partial charge in [-0.1, -0.05) is 36.7 Å². The summed E-state index contributed by atoms with van der Waals surface area (Å²) in [7, 11) is 0. The first kappa shape index (κ1) is 14.6. The molecule has 0 aliphatic rings. The highest BCUT2D eigenvalue weighted by Crippen LogP contribution is 2.23. The van der Waals surface area contributed by atoms with Crippen LogP contribution in [-0.2, 0) is 13.0 Å². The first-order valence-corrected chi connectivity index (χ1v) is 7.08. The molecule has 0 spiro atoms. The van der Waals surface area contributed by atoms with E-state index in [9.17, 15) is 4.79 Å². The number of rotatable bonds is 4. The van der Waals surface area contributed by atoms with Crippen molar-refractivity contribution in [3.8, 4) is 0 Å². The Bertz CT molecular complexity index is 634. The van der Waals surface area contributed by atoms with Crippen LogP contribution in [0.1, 0.15) is 35.6 Å². The second-order valence-corrected chi connectivity index (χ2v) is 4.91. The Morgan fingerprint density at radius 2 is 2.05 bits per heavy atom. The molecule has 0 bridgehead atoms. The fourth-order valence-electron chi connectivity index (χ4n) is 2.14. The predicted octanol–water partition coefficient (Wildman–Crippen LogP) is 3.68. The highest BCUT2D eigenvalue weighted by atomic mass is 35.5. The molecule has 0 unspecified atom stereocenters. The molecular formula is C15H18ClN3O. The summed E-state index contributed by atoms with van der Waals surface area (Å²) in [4.78, 5) is 12.4. The zero-order valence-electron chi connectivity index (χ0n) is 11.9. The quantitative estimate of drug-likeness (QED) is 0.934. The third kappa shape index (κ3) is 2.70. The van der Waals surface area contributed by atoms with Crippen LogP contribution >= 0.6 is 11.6 Å². The molecule has 0 aliphatic carbocycles. The van der Waals surface area contributed by atoms with Gasteiger partial charge in [0.25, 0.3) is 5.91 Å². The van der Waals surface area contributed by atoms with Gasteiger partial charge in [0.05, 0.1) is 10.7 Å². The lowest BCUT2D eigenvalue weighted by Gasteiger charge is -2.10. The van der Waals surface area contributed by atoms with E-state index in [0.29, 0.717) is 23.0 Å². The molecule has 106 valence electrons. The summed E-state index contributed by atoms with van der Waals surface area (Å²) in [6.45, 7) is 6.38. The van der Waals surface area contributed by atoms with E-state index in [1.54, 1.807) is 11.6 Å². The minimum Gasteiger partial charge on any atom is -0.320 e. The van der Waals surface area contributed by atoms with Gasteiger partial charge in [0, 0.05) is 12.2 Å². The fraction of sp³-hybridized carbons (Fsp3) is 0.333. The number of aromatic nitrogens is 2. The maximum Gasteiger partial charge on any atom is 0.275 e. The fourth-order valence-corrected chi connectivity index (χ4v) is 2.36. The highest BCUT2D eigenvalue weighted by molar-refractivity contribution is 6.34. The van der Waals surface area contributed by atoms with E-state index >= 15 is 0 Å². The average Bonchev–Trinajstić information content (AvgIpc) is 2.74. The summed E-state index contributed by atoms with van der Waals surface area (Å²) >= 11 is 6.18. The van der Waals surface area contributed by atoms with Crippen molar-refractivity contribution >= 4 is 23.2 Å². The van der Waals surface area contributed by atoms with Gasteiger partial charge in [-0.05, 0) is 31.9 Å². The summed E-state index contributed by atoms with van der Waals surface area (Å²) in [5.41, 5.74) is 2.99. The van der Waals surface area contributed by atoms with E-state index in [-0.39, 0.29) is 5.91 Å². The van der Waals surface area contributed by atoms with Crippen LogP contribution in [0.25, 0.3) is 0 Å². The molecule has 0 saturated heterocycles. The summed E-state index contributed by atoms with van der Waals surface area (Å²) in [6, 6.07) is 7.75. The minimum atomic E-state index is -0.224. The average molecular weight is 292 g/mol. The summed E-state index contributed by atoms with van der Waals surface area (Å²) in [6.07, 6.45) is 0.857. The van der Waals surface area contributed by atoms with E-state index < -0.39 is 0 Å². The van der Waals surface area contributed by atoms with Gasteiger partial charge in [-0.3, -0.25) is 9.48 Å². The van der Waals surface area contributed by atoms with Gasteiger partial charge in [0.1, 0.15) is 5.69 Å². The number of nitrogens with zero attached hydrogens (tertiary/aromatic N) is 2. The summed E-state index contributed by atoms with van der Waals surface area (Å²) in [5.74, 6) is -0.224. The number of anilines is 1. The van der Waals surface area contributed by atoms with Gasteiger partial charge < -0.3 is 5.32 Å². The molecular weight excluding hydrogens is 274 g/mol. The number of hydrogen-bond donors (Lipinski definition) is 1. The second kappa shape index (κ2) is 6.09. The summed E-state index contributed by atoms with van der Waals surface area (Å²) in [5, 5.41) is 7.60. The predicted molar refractivity (Wildman–Crippen MR) is 81.4 cm³/mol. The van der Waals surface area contributed by atoms with E-state index in [1.807, 2.05) is 31.2 Å². The van der Waals surface area contributed by atoms with Crippen LogP contribution in [0, 0.1) is 6.92 Å². The number of benzene rings is 1. The number of carbonyl (C=O) groups excluding carboxylic acids is 1. The van der Waals surface area contributed by atoms with Crippen LogP contribution in [0.4, 0.5) is 5.69 Å². The molecule has 2 rings (SSSR count). The van der Waals surface area contributed by atoms with Crippen LogP contribution in [0.2, 0.25) is 5.02 Å². The Morgan fingerprint density at radius 1 is 1.35 bits per heavy atom. The zero-order valence-corrected chi connectivity index (χ0v) is 12.7. The topological polar surface area (TPSA) is 46.9 Å². The number of amides is 1. The first-order chi connectivity index (χ1) is 9.58. The highest BCUT2D eigenvalue weighted by Gasteiger charge is 2.20. The third-order valence-corrected chi connectivity index (χ3v) is 3.67. The van der Waals surface area contributed by atoms with Crippen molar-refractivity contribution in [1.29, 1.82) is 0 Å². The van der Waals surface area contributed by atoms with E-state index in [0.717, 1.165) is 17.7 Å². The molecule has 0 saturated carbocycles. The molecule has 20 heavy (non-hydrogen) atoms. The number of halogens is 1. The maximum atomic E-state index is 12.4. The number of carbonyl (C=O) groups is 1. The lowest BCUT2D eigenvalue weighted by molar-refractivity contribution is 0.101. The molecule has 2 aromatic rings. The van der Waals surface area contributed by atoms with Gasteiger partial charge in [-0.25, -0.2) is 0 Å². The summed E-state index contributed by atoms with van der Waals surface area (Å²) < 4.78 is 1.63. The molecule has 5 heteroatoms. The van der Waals surface area contributed by atoms with Gasteiger partial charge in [-0.2, -0.15) is 5.10 Å². The van der Waals surface area contributed by atoms with Crippen molar-refractivity contribution in [1.82, 2.24) is 9.78 Å². The molecule has 1 heterocycles. The van der Waals surface area contributed by atoms with Crippen molar-refractivity contribution in [3.63, 3.8) is 0 Å². The van der Waals surface area contributed by atoms with E-state index in [4.69, 9.17) is 11.6 Å². The normalized spacial score (nSPS) is 10.6. The van der Waals surface area contributed by atoms with Gasteiger partial charge in [0.15, 0.2) is 0 Å². The van der Waals surface area contributed by atoms with Crippen molar-refractivity contribution in [3.05, 3.63) is 46.2 Å². The minimum absolute atomic E-state index is 0.224. The van der Waals surface area contributed by atoms with Crippen molar-refractivity contribution < 1.29 is 4.79 Å². The standard InChI is InChI=1S/C15H18ClN3O/c1-4-11-8-6-7-9-12(11)17-15(20)14-13(16)10(3)18-19(14)5-2/h6-9H,4-5H2,1-3H3,(H,17,20). The lowest BCUT2D eigenvalue weighted by Crippen LogP contribution is -2.18. The Morgan fingerprint density at radius 3 is 2.70 bits per heavy atom. The second-order valence-electron chi connectivity index (χ2n) is 4.53. The van der Waals surface area contributed by atoms with Gasteiger partial charge in [0.2, 0.25) is 0 Å². The first-order valence-electron chi connectivity index (χ1n) is 6.70. The molecule has 1 aromatic heterocycles. The van der Waals surface area contributed by atoms with Crippen molar-refractivity contribution in [2.75, 3.05) is 5.32 Å². The molecule has 0 radical (unpaired) electrons. The Hall–Kier alpha value is -1.81. The van der Waals surface area contributed by atoms with E-state index in [2.05, 4.69) is 17.3 Å². The SMILES string of the molecule is CCc1ccccc1NC(=O)c1c(Cl)c(C)nn1CC. The van der Waals surface area contributed by atoms with Gasteiger partial charge >= 0.3 is 0 Å². The van der Waals surface area contributed by atoms with Crippen LogP contribution in [0.15, 0.2) is 24.3 Å². The Labute approximate surface area is 123 Å². The number of nitrogens with one attached hydrogen (secondary N) is 1. The number of hydrogen-bond acceptors (Lipinski definition) is 2. The zero-order chi connectivity index (χ0) is 14.7. The molecule has 0 aliphatic heterocycles. The van der Waals surface area contributed by atoms with Crippen molar-refractivity contribution in [2.24, 2.45) is 0 Å². The van der Waals surface area contributed by atoms with Crippen LogP contribution in [0.3, 0.4) is 0 Å². The maximum absolute atomic E-state index is 12.4. The largest absolute Gasteiger partial charge is 0.320 e. The smallest absolute Gasteiger partial charge is 0.275 e.